The largest absolute Gasteiger partial charge is 0.493 e. The Morgan fingerprint density at radius 1 is 1.21 bits per heavy atom. The van der Waals surface area contributed by atoms with Crippen LogP contribution in [0.15, 0.2) is 52.4 Å². The fraction of sp³-hybridized carbons (Fsp3) is 0.238. The van der Waals surface area contributed by atoms with Gasteiger partial charge in [0, 0.05) is 0 Å². The number of carbonyl (C=O) groups is 1. The lowest BCUT2D eigenvalue weighted by atomic mass is 10.2. The van der Waals surface area contributed by atoms with Crippen molar-refractivity contribution in [1.29, 1.82) is 0 Å². The molecule has 146 valence electrons. The molecule has 2 aromatic rings. The summed E-state index contributed by atoms with van der Waals surface area (Å²) in [6, 6.07) is 11.3. The molecule has 1 saturated heterocycles. The molecule has 1 amide bonds. The summed E-state index contributed by atoms with van der Waals surface area (Å²) < 4.78 is 24.3. The van der Waals surface area contributed by atoms with E-state index < -0.39 is 0 Å². The molecule has 28 heavy (non-hydrogen) atoms. The van der Waals surface area contributed by atoms with E-state index in [2.05, 4.69) is 17.2 Å². The van der Waals surface area contributed by atoms with E-state index in [0.29, 0.717) is 27.3 Å². The van der Waals surface area contributed by atoms with Crippen LogP contribution in [0.4, 0.5) is 10.1 Å². The Hall–Kier alpha value is -2.80. The number of amidine groups is 1. The van der Waals surface area contributed by atoms with Gasteiger partial charge >= 0.3 is 0 Å². The molecule has 7 heteroatoms. The van der Waals surface area contributed by atoms with Crippen molar-refractivity contribution in [2.24, 2.45) is 4.99 Å². The summed E-state index contributed by atoms with van der Waals surface area (Å²) in [6.07, 6.45) is 2.74. The zero-order chi connectivity index (χ0) is 20.1. The predicted molar refractivity (Wildman–Crippen MR) is 111 cm³/mol. The number of amides is 1. The smallest absolute Gasteiger partial charge is 0.264 e. The van der Waals surface area contributed by atoms with E-state index in [0.717, 1.165) is 12.0 Å². The Bertz CT molecular complexity index is 926. The quantitative estimate of drug-likeness (QED) is 0.701. The van der Waals surface area contributed by atoms with Gasteiger partial charge in [-0.2, -0.15) is 0 Å². The molecular weight excluding hydrogens is 379 g/mol. The first-order valence-electron chi connectivity index (χ1n) is 8.88. The molecule has 0 aromatic heterocycles. The molecule has 1 aliphatic heterocycles. The molecule has 0 spiro atoms. The maximum atomic E-state index is 13.0. The maximum absolute atomic E-state index is 13.0. The summed E-state index contributed by atoms with van der Waals surface area (Å²) in [4.78, 5) is 17.1. The topological polar surface area (TPSA) is 59.9 Å². The van der Waals surface area contributed by atoms with E-state index in [-0.39, 0.29) is 17.8 Å². The van der Waals surface area contributed by atoms with Crippen molar-refractivity contribution in [3.8, 4) is 11.5 Å². The molecule has 0 saturated carbocycles. The molecule has 3 rings (SSSR count). The van der Waals surface area contributed by atoms with E-state index in [1.165, 1.54) is 23.9 Å². The molecule has 5 nitrogen and oxygen atoms in total. The fourth-order valence-electron chi connectivity index (χ4n) is 2.44. The highest BCUT2D eigenvalue weighted by molar-refractivity contribution is 8.18. The molecule has 2 aromatic carbocycles. The van der Waals surface area contributed by atoms with Gasteiger partial charge in [-0.25, -0.2) is 9.38 Å². The number of nitrogens with one attached hydrogen (secondary N) is 1. The maximum Gasteiger partial charge on any atom is 0.264 e. The zero-order valence-corrected chi connectivity index (χ0v) is 16.7. The van der Waals surface area contributed by atoms with Gasteiger partial charge in [-0.15, -0.1) is 0 Å². The van der Waals surface area contributed by atoms with Gasteiger partial charge in [-0.05, 0) is 73.1 Å². The third-order valence-corrected chi connectivity index (χ3v) is 5.01. The van der Waals surface area contributed by atoms with Crippen molar-refractivity contribution >= 4 is 34.6 Å². The summed E-state index contributed by atoms with van der Waals surface area (Å²) >= 11 is 1.23. The molecule has 0 unspecified atom stereocenters. The van der Waals surface area contributed by atoms with Crippen LogP contribution in [0, 0.1) is 5.82 Å². The highest BCUT2D eigenvalue weighted by atomic mass is 32.2. The minimum Gasteiger partial charge on any atom is -0.493 e. The molecule has 1 heterocycles. The van der Waals surface area contributed by atoms with Crippen LogP contribution in [-0.2, 0) is 4.79 Å². The SMILES string of the molecule is CC[C@@H](C)Oc1ccc(/C=C2/SC(=Nc3ccc(F)cc3)NC2=O)cc1OC. The lowest BCUT2D eigenvalue weighted by molar-refractivity contribution is -0.115. The number of halogens is 1. The van der Waals surface area contributed by atoms with Gasteiger partial charge in [-0.1, -0.05) is 13.0 Å². The first-order chi connectivity index (χ1) is 13.5. The highest BCUT2D eigenvalue weighted by Gasteiger charge is 2.24. The third kappa shape index (κ3) is 4.92. The van der Waals surface area contributed by atoms with Crippen molar-refractivity contribution in [3.63, 3.8) is 0 Å². The number of aliphatic imine (C=N–C) groups is 1. The second-order valence-electron chi connectivity index (χ2n) is 6.21. The average molecular weight is 400 g/mol. The fourth-order valence-corrected chi connectivity index (χ4v) is 3.28. The van der Waals surface area contributed by atoms with Gasteiger partial charge in [0.25, 0.3) is 5.91 Å². The molecule has 0 bridgehead atoms. The Morgan fingerprint density at radius 3 is 2.64 bits per heavy atom. The zero-order valence-electron chi connectivity index (χ0n) is 15.9. The number of rotatable bonds is 6. The molecule has 1 atom stereocenters. The first-order valence-corrected chi connectivity index (χ1v) is 9.70. The summed E-state index contributed by atoms with van der Waals surface area (Å²) in [6.45, 7) is 4.05. The van der Waals surface area contributed by atoms with Gasteiger partial charge < -0.3 is 14.8 Å². The Balaban J connectivity index is 1.79. The summed E-state index contributed by atoms with van der Waals surface area (Å²) in [5.41, 5.74) is 1.38. The summed E-state index contributed by atoms with van der Waals surface area (Å²) in [7, 11) is 1.58. The van der Waals surface area contributed by atoms with E-state index >= 15 is 0 Å². The molecule has 1 fully saturated rings. The lowest BCUT2D eigenvalue weighted by Crippen LogP contribution is -2.19. The molecule has 1 N–H and O–H groups in total. The van der Waals surface area contributed by atoms with Crippen LogP contribution in [0.1, 0.15) is 25.8 Å². The second-order valence-corrected chi connectivity index (χ2v) is 7.24. The number of benzene rings is 2. The van der Waals surface area contributed by atoms with Gasteiger partial charge in [0.05, 0.1) is 23.8 Å². The first kappa shape index (κ1) is 19.9. The molecule has 1 aliphatic rings. The Labute approximate surface area is 167 Å². The van der Waals surface area contributed by atoms with Crippen LogP contribution < -0.4 is 14.8 Å². The van der Waals surface area contributed by atoms with Crippen molar-refractivity contribution in [1.82, 2.24) is 5.32 Å². The van der Waals surface area contributed by atoms with E-state index in [9.17, 15) is 9.18 Å². The van der Waals surface area contributed by atoms with Gasteiger partial charge in [0.15, 0.2) is 16.7 Å². The normalized spacial score (nSPS) is 17.6. The Morgan fingerprint density at radius 2 is 1.96 bits per heavy atom. The molecular formula is C21H21FN2O3S. The number of hydrogen-bond donors (Lipinski definition) is 1. The predicted octanol–water partition coefficient (Wildman–Crippen LogP) is 4.90. The Kier molecular flexibility index (Phi) is 6.36. The van der Waals surface area contributed by atoms with E-state index in [1.54, 1.807) is 25.3 Å². The van der Waals surface area contributed by atoms with Crippen LogP contribution in [-0.4, -0.2) is 24.3 Å². The van der Waals surface area contributed by atoms with Crippen LogP contribution >= 0.6 is 11.8 Å². The van der Waals surface area contributed by atoms with E-state index in [1.807, 2.05) is 25.1 Å². The van der Waals surface area contributed by atoms with E-state index in [4.69, 9.17) is 9.47 Å². The highest BCUT2D eigenvalue weighted by Crippen LogP contribution is 2.33. The summed E-state index contributed by atoms with van der Waals surface area (Å²) in [5.74, 6) is 0.714. The minimum absolute atomic E-state index is 0.0829. The summed E-state index contributed by atoms with van der Waals surface area (Å²) in [5, 5.41) is 3.17. The number of hydrogen-bond acceptors (Lipinski definition) is 5. The van der Waals surface area contributed by atoms with Crippen LogP contribution in [0.5, 0.6) is 11.5 Å². The number of methoxy groups -OCH3 is 1. The minimum atomic E-state index is -0.331. The van der Waals surface area contributed by atoms with Crippen LogP contribution in [0.3, 0.4) is 0 Å². The molecule has 0 aliphatic carbocycles. The van der Waals surface area contributed by atoms with Gasteiger partial charge in [-0.3, -0.25) is 4.79 Å². The number of ether oxygens (including phenoxy) is 2. The van der Waals surface area contributed by atoms with Crippen molar-refractivity contribution in [2.45, 2.75) is 26.4 Å². The van der Waals surface area contributed by atoms with Crippen molar-refractivity contribution in [3.05, 3.63) is 58.8 Å². The molecule has 0 radical (unpaired) electrons. The van der Waals surface area contributed by atoms with Crippen LogP contribution in [0.25, 0.3) is 6.08 Å². The van der Waals surface area contributed by atoms with Gasteiger partial charge in [0.1, 0.15) is 5.82 Å². The number of thioether (sulfide) groups is 1. The van der Waals surface area contributed by atoms with Crippen molar-refractivity contribution in [2.75, 3.05) is 7.11 Å². The van der Waals surface area contributed by atoms with Gasteiger partial charge in [0.2, 0.25) is 0 Å². The van der Waals surface area contributed by atoms with Crippen molar-refractivity contribution < 1.29 is 18.7 Å². The lowest BCUT2D eigenvalue weighted by Gasteiger charge is -2.15. The second kappa shape index (κ2) is 8.93. The monoisotopic (exact) mass is 400 g/mol. The number of carbonyl (C=O) groups excluding carboxylic acids is 1. The third-order valence-electron chi connectivity index (χ3n) is 4.10. The standard InChI is InChI=1S/C21H21FN2O3S/c1-4-13(2)27-17-10-5-14(11-18(17)26-3)12-19-20(25)24-21(28-19)23-16-8-6-15(22)7-9-16/h5-13H,4H2,1-3H3,(H,23,24,25)/b19-12+/t13-/m1/s1. The number of nitrogens with zero attached hydrogens (tertiary/aromatic N) is 1. The van der Waals surface area contributed by atoms with Crippen LogP contribution in [0.2, 0.25) is 0 Å². The average Bonchev–Trinajstić information content (AvgIpc) is 3.03.